The van der Waals surface area contributed by atoms with Gasteiger partial charge >= 0.3 is 0 Å². The summed E-state index contributed by atoms with van der Waals surface area (Å²) in [6.45, 7) is 0.988. The van der Waals surface area contributed by atoms with Gasteiger partial charge in [-0.3, -0.25) is 4.79 Å². The molecule has 1 amide bonds. The summed E-state index contributed by atoms with van der Waals surface area (Å²) in [5.41, 5.74) is 0. The van der Waals surface area contributed by atoms with Crippen LogP contribution in [0, 0.1) is 5.92 Å². The summed E-state index contributed by atoms with van der Waals surface area (Å²) in [6.07, 6.45) is 8.31. The van der Waals surface area contributed by atoms with Gasteiger partial charge in [-0.2, -0.15) is 0 Å². The molecule has 1 aliphatic carbocycles. The molecule has 1 saturated carbocycles. The highest BCUT2D eigenvalue weighted by Gasteiger charge is 2.30. The standard InChI is InChI=1S/C12H20BrNO/c13-9-11-4-2-1-3-7-14(11)12(15)8-10-5-6-10/h10-11H,1-9H2. The van der Waals surface area contributed by atoms with Gasteiger partial charge in [-0.25, -0.2) is 0 Å². The van der Waals surface area contributed by atoms with Crippen molar-refractivity contribution in [1.82, 2.24) is 4.90 Å². The number of nitrogens with zero attached hydrogens (tertiary/aromatic N) is 1. The van der Waals surface area contributed by atoms with E-state index in [0.717, 1.165) is 24.2 Å². The van der Waals surface area contributed by atoms with Crippen LogP contribution in [0.15, 0.2) is 0 Å². The highest BCUT2D eigenvalue weighted by atomic mass is 79.9. The number of likely N-dealkylation sites (tertiary alicyclic amines) is 1. The Morgan fingerprint density at radius 3 is 2.67 bits per heavy atom. The lowest BCUT2D eigenvalue weighted by molar-refractivity contribution is -0.133. The van der Waals surface area contributed by atoms with E-state index in [2.05, 4.69) is 20.8 Å². The lowest BCUT2D eigenvalue weighted by atomic mass is 10.1. The SMILES string of the molecule is O=C(CC1CC1)N1CCCCCC1CBr. The monoisotopic (exact) mass is 273 g/mol. The largest absolute Gasteiger partial charge is 0.339 e. The number of hydrogen-bond acceptors (Lipinski definition) is 1. The summed E-state index contributed by atoms with van der Waals surface area (Å²) < 4.78 is 0. The molecule has 0 radical (unpaired) electrons. The Morgan fingerprint density at radius 2 is 2.00 bits per heavy atom. The number of alkyl halides is 1. The summed E-state index contributed by atoms with van der Waals surface area (Å²) in [7, 11) is 0. The van der Waals surface area contributed by atoms with E-state index >= 15 is 0 Å². The predicted octanol–water partition coefficient (Wildman–Crippen LogP) is 2.95. The second-order valence-electron chi connectivity index (χ2n) is 4.89. The molecule has 2 nitrogen and oxygen atoms in total. The second-order valence-corrected chi connectivity index (χ2v) is 5.54. The van der Waals surface area contributed by atoms with Crippen LogP contribution in [0.2, 0.25) is 0 Å². The molecule has 3 heteroatoms. The molecule has 0 spiro atoms. The van der Waals surface area contributed by atoms with Crippen molar-refractivity contribution >= 4 is 21.8 Å². The van der Waals surface area contributed by atoms with Crippen LogP contribution in [0.3, 0.4) is 0 Å². The Kier molecular flexibility index (Phi) is 4.06. The molecular formula is C12H20BrNO. The molecule has 0 N–H and O–H groups in total. The first-order valence-corrected chi connectivity index (χ1v) is 7.29. The minimum absolute atomic E-state index is 0.406. The van der Waals surface area contributed by atoms with Crippen molar-refractivity contribution in [3.05, 3.63) is 0 Å². The first-order chi connectivity index (χ1) is 7.31. The van der Waals surface area contributed by atoms with Crippen molar-refractivity contribution < 1.29 is 4.79 Å². The number of carbonyl (C=O) groups excluding carboxylic acids is 1. The number of halogens is 1. The van der Waals surface area contributed by atoms with Gasteiger partial charge in [0, 0.05) is 24.3 Å². The van der Waals surface area contributed by atoms with Crippen molar-refractivity contribution in [3.8, 4) is 0 Å². The zero-order valence-corrected chi connectivity index (χ0v) is 10.8. The highest BCUT2D eigenvalue weighted by molar-refractivity contribution is 9.09. The third-order valence-corrected chi connectivity index (χ3v) is 4.28. The molecule has 1 atom stereocenters. The van der Waals surface area contributed by atoms with E-state index in [-0.39, 0.29) is 0 Å². The van der Waals surface area contributed by atoms with Gasteiger partial charge in [-0.1, -0.05) is 28.8 Å². The van der Waals surface area contributed by atoms with Gasteiger partial charge in [0.15, 0.2) is 0 Å². The van der Waals surface area contributed by atoms with Crippen molar-refractivity contribution in [2.45, 2.75) is 51.0 Å². The molecule has 86 valence electrons. The summed E-state index contributed by atoms with van der Waals surface area (Å²) in [6, 6.07) is 0.457. The summed E-state index contributed by atoms with van der Waals surface area (Å²) >= 11 is 3.54. The van der Waals surface area contributed by atoms with E-state index in [4.69, 9.17) is 0 Å². The van der Waals surface area contributed by atoms with Gasteiger partial charge in [-0.05, 0) is 31.6 Å². The van der Waals surface area contributed by atoms with Gasteiger partial charge in [0.05, 0.1) is 0 Å². The molecule has 1 heterocycles. The van der Waals surface area contributed by atoms with Crippen LogP contribution in [-0.4, -0.2) is 28.7 Å². The second kappa shape index (κ2) is 5.33. The molecule has 15 heavy (non-hydrogen) atoms. The van der Waals surface area contributed by atoms with Gasteiger partial charge < -0.3 is 4.90 Å². The maximum Gasteiger partial charge on any atom is 0.223 e. The molecule has 0 aromatic carbocycles. The lowest BCUT2D eigenvalue weighted by Gasteiger charge is -2.28. The zero-order chi connectivity index (χ0) is 10.7. The maximum atomic E-state index is 12.1. The van der Waals surface area contributed by atoms with E-state index in [1.807, 2.05) is 0 Å². The van der Waals surface area contributed by atoms with Crippen molar-refractivity contribution in [2.75, 3.05) is 11.9 Å². The van der Waals surface area contributed by atoms with Gasteiger partial charge in [0.1, 0.15) is 0 Å². The molecule has 1 saturated heterocycles. The topological polar surface area (TPSA) is 20.3 Å². The fourth-order valence-corrected chi connectivity index (χ4v) is 3.03. The van der Waals surface area contributed by atoms with Gasteiger partial charge in [0.2, 0.25) is 5.91 Å². The molecule has 0 bridgehead atoms. The van der Waals surface area contributed by atoms with Crippen molar-refractivity contribution in [2.24, 2.45) is 5.92 Å². The first kappa shape index (κ1) is 11.4. The van der Waals surface area contributed by atoms with Crippen LogP contribution in [-0.2, 0) is 4.79 Å². The summed E-state index contributed by atoms with van der Waals surface area (Å²) in [5.74, 6) is 1.13. The van der Waals surface area contributed by atoms with Crippen LogP contribution in [0.5, 0.6) is 0 Å². The van der Waals surface area contributed by atoms with Crippen LogP contribution in [0.1, 0.15) is 44.9 Å². The number of rotatable bonds is 3. The zero-order valence-electron chi connectivity index (χ0n) is 9.25. The molecule has 0 aromatic rings. The molecule has 1 aliphatic heterocycles. The molecule has 2 aliphatic rings. The number of amides is 1. The summed E-state index contributed by atoms with van der Waals surface area (Å²) in [4.78, 5) is 14.2. The number of carbonyl (C=O) groups is 1. The molecule has 2 rings (SSSR count). The van der Waals surface area contributed by atoms with E-state index in [9.17, 15) is 4.79 Å². The third-order valence-electron chi connectivity index (χ3n) is 3.54. The smallest absolute Gasteiger partial charge is 0.223 e. The average Bonchev–Trinajstić information content (AvgIpc) is 3.02. The maximum absolute atomic E-state index is 12.1. The van der Waals surface area contributed by atoms with E-state index in [0.29, 0.717) is 11.9 Å². The Hall–Kier alpha value is -0.0500. The Labute approximate surface area is 101 Å². The molecular weight excluding hydrogens is 254 g/mol. The Bertz CT molecular complexity index is 228. The lowest BCUT2D eigenvalue weighted by Crippen LogP contribution is -2.41. The number of hydrogen-bond donors (Lipinski definition) is 0. The quantitative estimate of drug-likeness (QED) is 0.724. The Balaban J connectivity index is 1.91. The Morgan fingerprint density at radius 1 is 1.20 bits per heavy atom. The van der Waals surface area contributed by atoms with E-state index < -0.39 is 0 Å². The first-order valence-electron chi connectivity index (χ1n) is 6.16. The molecule has 2 fully saturated rings. The van der Waals surface area contributed by atoms with E-state index in [1.165, 1.54) is 38.5 Å². The van der Waals surface area contributed by atoms with Crippen LogP contribution in [0.25, 0.3) is 0 Å². The van der Waals surface area contributed by atoms with Gasteiger partial charge in [-0.15, -0.1) is 0 Å². The third kappa shape index (κ3) is 3.20. The minimum atomic E-state index is 0.406. The fourth-order valence-electron chi connectivity index (χ4n) is 2.35. The van der Waals surface area contributed by atoms with E-state index in [1.54, 1.807) is 0 Å². The van der Waals surface area contributed by atoms with Crippen molar-refractivity contribution in [1.29, 1.82) is 0 Å². The average molecular weight is 274 g/mol. The molecule has 1 unspecified atom stereocenters. The normalized spacial score (nSPS) is 27.5. The fraction of sp³-hybridized carbons (Fsp3) is 0.917. The highest BCUT2D eigenvalue weighted by Crippen LogP contribution is 2.33. The van der Waals surface area contributed by atoms with Crippen LogP contribution < -0.4 is 0 Å². The molecule has 0 aromatic heterocycles. The summed E-state index contributed by atoms with van der Waals surface area (Å²) in [5, 5.41) is 0.948. The predicted molar refractivity (Wildman–Crippen MR) is 65.1 cm³/mol. The van der Waals surface area contributed by atoms with Crippen LogP contribution >= 0.6 is 15.9 Å². The van der Waals surface area contributed by atoms with Crippen molar-refractivity contribution in [3.63, 3.8) is 0 Å². The van der Waals surface area contributed by atoms with Gasteiger partial charge in [0.25, 0.3) is 0 Å². The minimum Gasteiger partial charge on any atom is -0.339 e. The van der Waals surface area contributed by atoms with Crippen LogP contribution in [0.4, 0.5) is 0 Å².